The molecule has 1 unspecified atom stereocenters. The lowest BCUT2D eigenvalue weighted by molar-refractivity contribution is 0.168. The van der Waals surface area contributed by atoms with Crippen molar-refractivity contribution in [2.75, 3.05) is 26.9 Å². The van der Waals surface area contributed by atoms with Gasteiger partial charge in [0.25, 0.3) is 0 Å². The van der Waals surface area contributed by atoms with Crippen LogP contribution in [0.4, 0.5) is 0 Å². The van der Waals surface area contributed by atoms with Crippen LogP contribution in [-0.2, 0) is 4.74 Å². The van der Waals surface area contributed by atoms with E-state index in [1.807, 2.05) is 30.3 Å². The maximum atomic E-state index is 5.49. The summed E-state index contributed by atoms with van der Waals surface area (Å²) in [5.41, 5.74) is 0.960. The molecule has 6 nitrogen and oxygen atoms in total. The molecule has 0 aliphatic carbocycles. The van der Waals surface area contributed by atoms with E-state index in [2.05, 4.69) is 22.3 Å². The Balaban J connectivity index is 1.76. The summed E-state index contributed by atoms with van der Waals surface area (Å²) >= 11 is 0. The molecule has 0 saturated heterocycles. The maximum Gasteiger partial charge on any atom is 0.335 e. The fourth-order valence-electron chi connectivity index (χ4n) is 1.78. The SMILES string of the molecule is COCC(C)NCCOc1ncn(-c2ccccc2)n1. The first-order chi connectivity index (χ1) is 9.79. The van der Waals surface area contributed by atoms with Crippen molar-refractivity contribution in [3.8, 4) is 11.7 Å². The molecule has 1 N–H and O–H groups in total. The van der Waals surface area contributed by atoms with Crippen molar-refractivity contribution in [1.29, 1.82) is 0 Å². The van der Waals surface area contributed by atoms with Crippen LogP contribution < -0.4 is 10.1 Å². The van der Waals surface area contributed by atoms with E-state index in [1.165, 1.54) is 0 Å². The Kier molecular flexibility index (Phi) is 5.52. The number of hydrogen-bond acceptors (Lipinski definition) is 5. The van der Waals surface area contributed by atoms with Crippen molar-refractivity contribution in [3.63, 3.8) is 0 Å². The molecule has 0 radical (unpaired) electrons. The van der Waals surface area contributed by atoms with Gasteiger partial charge in [-0.3, -0.25) is 0 Å². The minimum Gasteiger partial charge on any atom is -0.461 e. The highest BCUT2D eigenvalue weighted by Crippen LogP contribution is 2.07. The molecule has 0 fully saturated rings. The van der Waals surface area contributed by atoms with Crippen LogP contribution in [0.2, 0.25) is 0 Å². The Hall–Kier alpha value is -1.92. The Morgan fingerprint density at radius 2 is 2.10 bits per heavy atom. The molecule has 6 heteroatoms. The zero-order chi connectivity index (χ0) is 14.2. The summed E-state index contributed by atoms with van der Waals surface area (Å²) in [5.74, 6) is 0. The van der Waals surface area contributed by atoms with Crippen LogP contribution in [0.3, 0.4) is 0 Å². The molecule has 0 amide bonds. The van der Waals surface area contributed by atoms with Gasteiger partial charge in [0.15, 0.2) is 0 Å². The lowest BCUT2D eigenvalue weighted by atomic mass is 10.3. The number of benzene rings is 1. The first-order valence-electron chi connectivity index (χ1n) is 6.62. The minimum absolute atomic E-state index is 0.304. The molecule has 1 atom stereocenters. The van der Waals surface area contributed by atoms with Gasteiger partial charge >= 0.3 is 6.01 Å². The van der Waals surface area contributed by atoms with Gasteiger partial charge in [-0.2, -0.15) is 4.98 Å². The van der Waals surface area contributed by atoms with E-state index in [1.54, 1.807) is 18.1 Å². The monoisotopic (exact) mass is 276 g/mol. The van der Waals surface area contributed by atoms with Gasteiger partial charge in [0.05, 0.1) is 12.3 Å². The van der Waals surface area contributed by atoms with Crippen LogP contribution in [0.1, 0.15) is 6.92 Å². The van der Waals surface area contributed by atoms with Crippen molar-refractivity contribution in [2.45, 2.75) is 13.0 Å². The molecule has 0 saturated carbocycles. The number of nitrogens with zero attached hydrogens (tertiary/aromatic N) is 3. The van der Waals surface area contributed by atoms with Crippen molar-refractivity contribution < 1.29 is 9.47 Å². The van der Waals surface area contributed by atoms with Crippen LogP contribution in [0.5, 0.6) is 6.01 Å². The second-order valence-electron chi connectivity index (χ2n) is 4.47. The molecule has 0 aliphatic rings. The third kappa shape index (κ3) is 4.32. The van der Waals surface area contributed by atoms with Crippen LogP contribution in [0.25, 0.3) is 5.69 Å². The highest BCUT2D eigenvalue weighted by Gasteiger charge is 2.04. The van der Waals surface area contributed by atoms with E-state index in [9.17, 15) is 0 Å². The van der Waals surface area contributed by atoms with Crippen LogP contribution in [-0.4, -0.2) is 47.7 Å². The number of methoxy groups -OCH3 is 1. The molecule has 0 aliphatic heterocycles. The number of nitrogens with one attached hydrogen (secondary N) is 1. The lowest BCUT2D eigenvalue weighted by Gasteiger charge is -2.11. The number of para-hydroxylation sites is 1. The quantitative estimate of drug-likeness (QED) is 0.736. The molecule has 1 aromatic heterocycles. The van der Waals surface area contributed by atoms with Gasteiger partial charge in [-0.05, 0) is 19.1 Å². The predicted molar refractivity (Wildman–Crippen MR) is 76.2 cm³/mol. The van der Waals surface area contributed by atoms with E-state index in [4.69, 9.17) is 9.47 Å². The third-order valence-electron chi connectivity index (χ3n) is 2.73. The van der Waals surface area contributed by atoms with Gasteiger partial charge in [0.2, 0.25) is 0 Å². The fraction of sp³-hybridized carbons (Fsp3) is 0.429. The molecular weight excluding hydrogens is 256 g/mol. The molecule has 0 spiro atoms. The largest absolute Gasteiger partial charge is 0.461 e. The zero-order valence-corrected chi connectivity index (χ0v) is 11.8. The maximum absolute atomic E-state index is 5.49. The molecule has 108 valence electrons. The first-order valence-corrected chi connectivity index (χ1v) is 6.62. The highest BCUT2D eigenvalue weighted by molar-refractivity contribution is 5.29. The normalized spacial score (nSPS) is 12.3. The topological polar surface area (TPSA) is 61.2 Å². The van der Waals surface area contributed by atoms with Crippen LogP contribution >= 0.6 is 0 Å². The summed E-state index contributed by atoms with van der Waals surface area (Å²) in [6.07, 6.45) is 1.64. The Bertz CT molecular complexity index is 501. The van der Waals surface area contributed by atoms with E-state index in [0.717, 1.165) is 12.2 Å². The van der Waals surface area contributed by atoms with Gasteiger partial charge in [-0.25, -0.2) is 4.68 Å². The molecule has 0 bridgehead atoms. The smallest absolute Gasteiger partial charge is 0.335 e. The number of ether oxygens (including phenoxy) is 2. The van der Waals surface area contributed by atoms with Gasteiger partial charge in [-0.1, -0.05) is 18.2 Å². The molecular formula is C14H20N4O2. The van der Waals surface area contributed by atoms with E-state index in [0.29, 0.717) is 25.3 Å². The first kappa shape index (κ1) is 14.5. The van der Waals surface area contributed by atoms with E-state index >= 15 is 0 Å². The second kappa shape index (κ2) is 7.62. The van der Waals surface area contributed by atoms with Crippen molar-refractivity contribution in [3.05, 3.63) is 36.7 Å². The van der Waals surface area contributed by atoms with Crippen LogP contribution in [0, 0.1) is 0 Å². The summed E-state index contributed by atoms with van der Waals surface area (Å²) in [6.45, 7) is 3.99. The van der Waals surface area contributed by atoms with Gasteiger partial charge in [0.1, 0.15) is 12.9 Å². The standard InChI is InChI=1S/C14H20N4O2/c1-12(10-19-2)15-8-9-20-14-16-11-18(17-14)13-6-4-3-5-7-13/h3-7,11-12,15H,8-10H2,1-2H3. The third-order valence-corrected chi connectivity index (χ3v) is 2.73. The Labute approximate surface area is 118 Å². The Morgan fingerprint density at radius 1 is 1.30 bits per heavy atom. The Morgan fingerprint density at radius 3 is 2.85 bits per heavy atom. The molecule has 1 aromatic carbocycles. The molecule has 2 aromatic rings. The zero-order valence-electron chi connectivity index (χ0n) is 11.8. The average Bonchev–Trinajstić information content (AvgIpc) is 2.94. The molecule has 2 rings (SSSR count). The lowest BCUT2D eigenvalue weighted by Crippen LogP contribution is -2.33. The summed E-state index contributed by atoms with van der Waals surface area (Å²) in [5, 5.41) is 7.54. The number of aromatic nitrogens is 3. The molecule has 20 heavy (non-hydrogen) atoms. The summed E-state index contributed by atoms with van der Waals surface area (Å²) in [4.78, 5) is 4.12. The van der Waals surface area contributed by atoms with Crippen molar-refractivity contribution in [2.24, 2.45) is 0 Å². The number of hydrogen-bond donors (Lipinski definition) is 1. The van der Waals surface area contributed by atoms with E-state index < -0.39 is 0 Å². The van der Waals surface area contributed by atoms with Crippen LogP contribution in [0.15, 0.2) is 36.7 Å². The van der Waals surface area contributed by atoms with Crippen molar-refractivity contribution >= 4 is 0 Å². The van der Waals surface area contributed by atoms with E-state index in [-0.39, 0.29) is 0 Å². The number of rotatable bonds is 8. The second-order valence-corrected chi connectivity index (χ2v) is 4.47. The van der Waals surface area contributed by atoms with Crippen molar-refractivity contribution in [1.82, 2.24) is 20.1 Å². The summed E-state index contributed by atoms with van der Waals surface area (Å²) in [6, 6.07) is 10.5. The summed E-state index contributed by atoms with van der Waals surface area (Å²) in [7, 11) is 1.69. The predicted octanol–water partition coefficient (Wildman–Crippen LogP) is 1.27. The molecule has 1 heterocycles. The van der Waals surface area contributed by atoms with Gasteiger partial charge in [-0.15, -0.1) is 5.10 Å². The minimum atomic E-state index is 0.304. The summed E-state index contributed by atoms with van der Waals surface area (Å²) < 4.78 is 12.2. The highest BCUT2D eigenvalue weighted by atomic mass is 16.5. The van der Waals surface area contributed by atoms with Gasteiger partial charge in [0, 0.05) is 19.7 Å². The average molecular weight is 276 g/mol. The van der Waals surface area contributed by atoms with Gasteiger partial charge < -0.3 is 14.8 Å². The fourth-order valence-corrected chi connectivity index (χ4v) is 1.78.